The van der Waals surface area contributed by atoms with Crippen LogP contribution in [-0.2, 0) is 25.5 Å². The van der Waals surface area contributed by atoms with Crippen LogP contribution in [0.1, 0.15) is 103 Å². The van der Waals surface area contributed by atoms with E-state index in [2.05, 4.69) is 6.08 Å². The van der Waals surface area contributed by atoms with Crippen molar-refractivity contribution in [2.45, 2.75) is 110 Å². The number of benzene rings is 1. The van der Waals surface area contributed by atoms with Gasteiger partial charge in [0.05, 0.1) is 5.60 Å². The van der Waals surface area contributed by atoms with Crippen molar-refractivity contribution in [3.05, 3.63) is 69.5 Å². The topological polar surface area (TPSA) is 129 Å². The molecule has 4 bridgehead atoms. The number of hydrogen-bond acceptors (Lipinski definition) is 9. The number of Topliss-reactive ketones (excluding diaryl/α,β-unsaturated/α-hetero) is 2. The van der Waals surface area contributed by atoms with E-state index in [1.54, 1.807) is 25.2 Å². The van der Waals surface area contributed by atoms with Crippen LogP contribution < -0.4 is 9.47 Å². The molecule has 3 aliphatic heterocycles. The van der Waals surface area contributed by atoms with Gasteiger partial charge in [0.15, 0.2) is 22.8 Å². The summed E-state index contributed by atoms with van der Waals surface area (Å²) in [6.07, 6.45) is 10.9. The third-order valence-electron chi connectivity index (χ3n) is 10.4. The molecule has 1 saturated heterocycles. The van der Waals surface area contributed by atoms with Gasteiger partial charge in [0, 0.05) is 35.5 Å². The predicted octanol–water partition coefficient (Wildman–Crippen LogP) is 7.17. The van der Waals surface area contributed by atoms with E-state index in [0.29, 0.717) is 31.3 Å². The average Bonchev–Trinajstić information content (AvgIpc) is 3.12. The van der Waals surface area contributed by atoms with Gasteiger partial charge in [-0.3, -0.25) is 14.4 Å². The lowest BCUT2D eigenvalue weighted by atomic mass is 9.51. The average molecular weight is 645 g/mol. The van der Waals surface area contributed by atoms with E-state index in [1.807, 2.05) is 54.5 Å². The molecule has 0 amide bonds. The molecule has 47 heavy (non-hydrogen) atoms. The molecular weight excluding hydrogens is 600 g/mol. The molecule has 1 aromatic carbocycles. The molecule has 9 heteroatoms. The maximum atomic E-state index is 14.8. The summed E-state index contributed by atoms with van der Waals surface area (Å²) >= 11 is 0. The van der Waals surface area contributed by atoms with Crippen molar-refractivity contribution in [3.63, 3.8) is 0 Å². The summed E-state index contributed by atoms with van der Waals surface area (Å²) in [7, 11) is 0. The van der Waals surface area contributed by atoms with Gasteiger partial charge >= 0.3 is 0 Å². The zero-order chi connectivity index (χ0) is 34.3. The number of ether oxygens (including phenoxy) is 4. The molecule has 2 fully saturated rings. The Balaban J connectivity index is 1.60. The Kier molecular flexibility index (Phi) is 7.66. The maximum absolute atomic E-state index is 14.8. The highest BCUT2D eigenvalue weighted by Gasteiger charge is 2.81. The lowest BCUT2D eigenvalue weighted by molar-refractivity contribution is -0.171. The molecule has 250 valence electrons. The van der Waals surface area contributed by atoms with E-state index < -0.39 is 45.8 Å². The number of aromatic hydroxyl groups is 1. The Labute approximate surface area is 275 Å². The van der Waals surface area contributed by atoms with Crippen LogP contribution in [0.5, 0.6) is 17.2 Å². The van der Waals surface area contributed by atoms with Crippen LogP contribution in [0.4, 0.5) is 0 Å². The van der Waals surface area contributed by atoms with Crippen molar-refractivity contribution < 1.29 is 43.5 Å². The summed E-state index contributed by atoms with van der Waals surface area (Å²) in [4.78, 5) is 40.2. The van der Waals surface area contributed by atoms with Crippen molar-refractivity contribution in [3.8, 4) is 17.2 Å². The number of carbonyl (C=O) groups excluding carboxylic acids is 3. The predicted molar refractivity (Wildman–Crippen MR) is 175 cm³/mol. The first-order valence-corrected chi connectivity index (χ1v) is 16.3. The van der Waals surface area contributed by atoms with Gasteiger partial charge in [-0.05, 0) is 87.1 Å². The van der Waals surface area contributed by atoms with Crippen molar-refractivity contribution in [1.29, 1.82) is 0 Å². The van der Waals surface area contributed by atoms with Gasteiger partial charge in [0.25, 0.3) is 6.47 Å². The smallest absolute Gasteiger partial charge is 0.298 e. The van der Waals surface area contributed by atoms with Crippen molar-refractivity contribution in [2.75, 3.05) is 0 Å². The van der Waals surface area contributed by atoms with E-state index in [0.717, 1.165) is 11.1 Å². The molecule has 3 aliphatic carbocycles. The molecule has 3 heterocycles. The second-order valence-electron chi connectivity index (χ2n) is 14.8. The standard InChI is InChI=1S/C38H44O9/c1-20(2)10-9-14-36(8)18-26(40)28-31(42)29-30(41)25-16-23-17-27-35(6,7)47-37(34(23)43,15-13-22(5)44-19-39)38(25,27)46-33(29)24(32(28)45-36)12-11-21(3)4/h10-11,13,16,18-19,23,27,40,42H,9,12,14-15,17H2,1-8H3/b22-13-/t23?,27?,36-,37+,38-/m1/s1. The third-order valence-corrected chi connectivity index (χ3v) is 10.4. The van der Waals surface area contributed by atoms with Crippen LogP contribution in [0, 0.1) is 11.8 Å². The summed E-state index contributed by atoms with van der Waals surface area (Å²) in [6.45, 7) is 15.6. The van der Waals surface area contributed by atoms with Gasteiger partial charge in [-0.15, -0.1) is 0 Å². The van der Waals surface area contributed by atoms with Crippen LogP contribution in [-0.4, -0.2) is 50.7 Å². The van der Waals surface area contributed by atoms with Gasteiger partial charge in [-0.25, -0.2) is 0 Å². The number of aliphatic hydroxyl groups excluding tert-OH is 1. The van der Waals surface area contributed by atoms with Crippen LogP contribution in [0.15, 0.2) is 52.9 Å². The molecule has 9 nitrogen and oxygen atoms in total. The Morgan fingerprint density at radius 1 is 0.979 bits per heavy atom. The van der Waals surface area contributed by atoms with Crippen molar-refractivity contribution in [2.24, 2.45) is 11.8 Å². The monoisotopic (exact) mass is 644 g/mol. The number of aliphatic hydroxyl groups is 1. The summed E-state index contributed by atoms with van der Waals surface area (Å²) in [5, 5.41) is 23.2. The van der Waals surface area contributed by atoms with Gasteiger partial charge in [-0.2, -0.15) is 0 Å². The minimum atomic E-state index is -1.60. The highest BCUT2D eigenvalue weighted by molar-refractivity contribution is 6.19. The molecule has 2 N–H and O–H groups in total. The van der Waals surface area contributed by atoms with Crippen molar-refractivity contribution in [1.82, 2.24) is 0 Å². The first-order valence-electron chi connectivity index (χ1n) is 16.3. The normalized spacial score (nSPS) is 30.9. The zero-order valence-corrected chi connectivity index (χ0v) is 28.4. The molecular formula is C38H44O9. The summed E-state index contributed by atoms with van der Waals surface area (Å²) in [5.41, 5.74) is -2.02. The first kappa shape index (κ1) is 32.8. The van der Waals surface area contributed by atoms with Gasteiger partial charge in [0.1, 0.15) is 45.5 Å². The molecule has 1 saturated carbocycles. The Morgan fingerprint density at radius 2 is 1.66 bits per heavy atom. The molecule has 0 aromatic heterocycles. The quantitative estimate of drug-likeness (QED) is 0.163. The van der Waals surface area contributed by atoms with E-state index in [9.17, 15) is 24.6 Å². The first-order chi connectivity index (χ1) is 22.0. The van der Waals surface area contributed by atoms with E-state index in [-0.39, 0.29) is 58.3 Å². The lowest BCUT2D eigenvalue weighted by Crippen LogP contribution is -2.72. The van der Waals surface area contributed by atoms with Crippen LogP contribution in [0.25, 0.3) is 5.76 Å². The van der Waals surface area contributed by atoms with Crippen LogP contribution in [0.2, 0.25) is 0 Å². The highest BCUT2D eigenvalue weighted by Crippen LogP contribution is 2.68. The molecule has 5 atom stereocenters. The maximum Gasteiger partial charge on any atom is 0.298 e. The molecule has 6 aliphatic rings. The number of phenols is 1. The minimum absolute atomic E-state index is 0.00454. The van der Waals surface area contributed by atoms with E-state index >= 15 is 0 Å². The van der Waals surface area contributed by atoms with Gasteiger partial charge in [0.2, 0.25) is 0 Å². The fourth-order valence-electron chi connectivity index (χ4n) is 8.34. The molecule has 1 spiro atoms. The number of hydrogen-bond donors (Lipinski definition) is 2. The second-order valence-corrected chi connectivity index (χ2v) is 14.8. The summed E-state index contributed by atoms with van der Waals surface area (Å²) in [6, 6.07) is 0. The molecule has 2 unspecified atom stereocenters. The zero-order valence-electron chi connectivity index (χ0n) is 28.4. The fourth-order valence-corrected chi connectivity index (χ4v) is 8.34. The van der Waals surface area contributed by atoms with Crippen molar-refractivity contribution >= 4 is 23.8 Å². The molecule has 1 aromatic rings. The number of carbonyl (C=O) groups is 3. The largest absolute Gasteiger partial charge is 0.507 e. The summed E-state index contributed by atoms with van der Waals surface area (Å²) in [5.74, 6) is -1.63. The van der Waals surface area contributed by atoms with E-state index in [4.69, 9.17) is 18.9 Å². The van der Waals surface area contributed by atoms with E-state index in [1.165, 1.54) is 0 Å². The van der Waals surface area contributed by atoms with Crippen LogP contribution in [0.3, 0.4) is 0 Å². The number of allylic oxidation sites excluding steroid dienone is 6. The number of fused-ring (bicyclic) bond motifs is 2. The second kappa shape index (κ2) is 11.0. The summed E-state index contributed by atoms with van der Waals surface area (Å²) < 4.78 is 25.6. The Morgan fingerprint density at radius 3 is 2.32 bits per heavy atom. The third kappa shape index (κ3) is 4.72. The number of ketones is 2. The lowest BCUT2D eigenvalue weighted by Gasteiger charge is -2.56. The Hall–Kier alpha value is -4.11. The number of phenolic OH excluding ortho intramolecular Hbond substituents is 1. The van der Waals surface area contributed by atoms with Gasteiger partial charge in [-0.1, -0.05) is 29.4 Å². The Bertz CT molecular complexity index is 1750. The highest BCUT2D eigenvalue weighted by atomic mass is 16.6. The minimum Gasteiger partial charge on any atom is -0.507 e. The van der Waals surface area contributed by atoms with Gasteiger partial charge < -0.3 is 29.2 Å². The number of rotatable bonds is 9. The SMILES string of the molecule is CC(C)=CCC[C@]1(C)C=C(O)c2c(O)c3c(c(CC=C(C)C)c2O1)O[C@]12C(=CC4CC1C(C)(C)O[C@@]2(C/C=C(/C)OC=O)C4=O)C3=O. The fraction of sp³-hybridized carbons (Fsp3) is 0.500. The molecule has 0 radical (unpaired) electrons. The molecule has 7 rings (SSSR count). The van der Waals surface area contributed by atoms with Crippen LogP contribution >= 0.6 is 0 Å².